The zero-order valence-electron chi connectivity index (χ0n) is 17.1. The van der Waals surface area contributed by atoms with Gasteiger partial charge in [-0.25, -0.2) is 0 Å². The topological polar surface area (TPSA) is 85.6 Å². The van der Waals surface area contributed by atoms with Gasteiger partial charge in [-0.05, 0) is 12.1 Å². The van der Waals surface area contributed by atoms with Crippen LogP contribution in [0.4, 0.5) is 0 Å². The molecule has 8 nitrogen and oxygen atoms in total. The number of hydrogen-bond acceptors (Lipinski definition) is 8. The lowest BCUT2D eigenvalue weighted by atomic mass is 10.1. The summed E-state index contributed by atoms with van der Waals surface area (Å²) in [4.78, 5) is 13.0. The maximum absolute atomic E-state index is 13.0. The van der Waals surface area contributed by atoms with Gasteiger partial charge in [0.05, 0.1) is 42.7 Å². The number of hydrogen-bond donors (Lipinski definition) is 0. The minimum absolute atomic E-state index is 0.223. The average molecular weight is 402 g/mol. The van der Waals surface area contributed by atoms with Gasteiger partial charge in [0, 0.05) is 12.1 Å². The van der Waals surface area contributed by atoms with Gasteiger partial charge in [0.1, 0.15) is 22.3 Å². The number of rotatable bonds is 7. The maximum atomic E-state index is 13.0. The first-order valence-corrected chi connectivity index (χ1v) is 8.60. The van der Waals surface area contributed by atoms with Gasteiger partial charge in [0.25, 0.3) is 0 Å². The van der Waals surface area contributed by atoms with Gasteiger partial charge in [0.2, 0.25) is 0 Å². The molecule has 1 aromatic heterocycles. The lowest BCUT2D eigenvalue weighted by molar-refractivity contribution is 0.330. The van der Waals surface area contributed by atoms with Crippen molar-refractivity contribution in [2.45, 2.75) is 0 Å². The molecule has 0 aliphatic carbocycles. The van der Waals surface area contributed by atoms with E-state index >= 15 is 0 Å². The molecule has 0 fully saturated rings. The van der Waals surface area contributed by atoms with Crippen LogP contribution in [0.2, 0.25) is 0 Å². The van der Waals surface area contributed by atoms with Gasteiger partial charge in [0.15, 0.2) is 39.9 Å². The third kappa shape index (κ3) is 3.26. The average Bonchev–Trinajstić information content (AvgIpc) is 2.76. The monoisotopic (exact) mass is 402 g/mol. The van der Waals surface area contributed by atoms with Crippen molar-refractivity contribution in [3.8, 4) is 45.8 Å². The molecule has 29 heavy (non-hydrogen) atoms. The Morgan fingerprint density at radius 1 is 0.655 bits per heavy atom. The normalized spacial score (nSPS) is 10.6. The van der Waals surface area contributed by atoms with Crippen LogP contribution in [-0.4, -0.2) is 42.7 Å². The lowest BCUT2D eigenvalue weighted by Crippen LogP contribution is -2.05. The molecular weight excluding hydrogens is 380 g/mol. The summed E-state index contributed by atoms with van der Waals surface area (Å²) >= 11 is 0. The first kappa shape index (κ1) is 20.2. The highest BCUT2D eigenvalue weighted by Gasteiger charge is 2.26. The molecule has 0 saturated heterocycles. The summed E-state index contributed by atoms with van der Waals surface area (Å²) in [6, 6.07) is 6.27. The van der Waals surface area contributed by atoms with Crippen LogP contribution in [0.3, 0.4) is 0 Å². The molecule has 0 aliphatic heterocycles. The summed E-state index contributed by atoms with van der Waals surface area (Å²) in [6.07, 6.45) is 0. The molecule has 0 spiro atoms. The second kappa shape index (κ2) is 8.22. The van der Waals surface area contributed by atoms with Crippen LogP contribution in [0.1, 0.15) is 0 Å². The van der Waals surface area contributed by atoms with Crippen molar-refractivity contribution in [1.29, 1.82) is 0 Å². The van der Waals surface area contributed by atoms with E-state index in [0.29, 0.717) is 45.6 Å². The molecule has 0 atom stereocenters. The van der Waals surface area contributed by atoms with Crippen molar-refractivity contribution < 1.29 is 32.8 Å². The first-order chi connectivity index (χ1) is 14.0. The van der Waals surface area contributed by atoms with Crippen molar-refractivity contribution in [2.75, 3.05) is 42.7 Å². The third-order valence-electron chi connectivity index (χ3n) is 4.49. The van der Waals surface area contributed by atoms with Crippen molar-refractivity contribution in [2.24, 2.45) is 0 Å². The second-order valence-electron chi connectivity index (χ2n) is 5.87. The van der Waals surface area contributed by atoms with Crippen molar-refractivity contribution >= 4 is 11.0 Å². The van der Waals surface area contributed by atoms with E-state index in [4.69, 9.17) is 32.8 Å². The van der Waals surface area contributed by atoms with E-state index < -0.39 is 0 Å². The fourth-order valence-electron chi connectivity index (χ4n) is 3.22. The lowest BCUT2D eigenvalue weighted by Gasteiger charge is -2.18. The number of ether oxygens (including phenoxy) is 6. The van der Waals surface area contributed by atoms with Crippen molar-refractivity contribution in [3.05, 3.63) is 34.5 Å². The molecule has 0 radical (unpaired) electrons. The molecule has 3 aromatic rings. The van der Waals surface area contributed by atoms with E-state index in [2.05, 4.69) is 0 Å². The maximum Gasteiger partial charge on any atom is 0.197 e. The summed E-state index contributed by atoms with van der Waals surface area (Å²) in [5.74, 6) is 2.43. The summed E-state index contributed by atoms with van der Waals surface area (Å²) in [5, 5.41) is 0.267. The molecule has 0 saturated carbocycles. The van der Waals surface area contributed by atoms with E-state index in [1.807, 2.05) is 0 Å². The van der Waals surface area contributed by atoms with Gasteiger partial charge >= 0.3 is 0 Å². The Kier molecular flexibility index (Phi) is 5.72. The smallest absolute Gasteiger partial charge is 0.197 e. The molecule has 2 aromatic carbocycles. The van der Waals surface area contributed by atoms with Crippen molar-refractivity contribution in [3.63, 3.8) is 0 Å². The SMILES string of the molecule is COc1cc(OC)c(OC)c(-c2cc(=O)c3c(OC)c(OC)ccc3o2)c1OC. The second-order valence-corrected chi connectivity index (χ2v) is 5.87. The first-order valence-electron chi connectivity index (χ1n) is 8.60. The molecule has 1 heterocycles. The highest BCUT2D eigenvalue weighted by molar-refractivity contribution is 5.89. The number of benzene rings is 2. The molecule has 154 valence electrons. The molecule has 8 heteroatoms. The largest absolute Gasteiger partial charge is 0.493 e. The highest BCUT2D eigenvalue weighted by atomic mass is 16.5. The minimum Gasteiger partial charge on any atom is -0.493 e. The van der Waals surface area contributed by atoms with Crippen LogP contribution >= 0.6 is 0 Å². The summed E-state index contributed by atoms with van der Waals surface area (Å²) < 4.78 is 38.6. The van der Waals surface area contributed by atoms with Gasteiger partial charge in [-0.2, -0.15) is 0 Å². The Balaban J connectivity index is 2.41. The van der Waals surface area contributed by atoms with Gasteiger partial charge in [-0.3, -0.25) is 4.79 Å². The summed E-state index contributed by atoms with van der Waals surface area (Å²) in [7, 11) is 8.94. The van der Waals surface area contributed by atoms with Crippen molar-refractivity contribution in [1.82, 2.24) is 0 Å². The standard InChI is InChI=1S/C21H22O8/c1-23-13-8-7-12-17(19(13)26-4)11(22)9-14(29-12)18-20(27-5)15(24-2)10-16(25-3)21(18)28-6/h7-10H,1-6H3. The van der Waals surface area contributed by atoms with Crippen LogP contribution in [0.5, 0.6) is 34.5 Å². The molecule has 0 unspecified atom stereocenters. The zero-order valence-corrected chi connectivity index (χ0v) is 17.1. The Morgan fingerprint density at radius 2 is 1.21 bits per heavy atom. The van der Waals surface area contributed by atoms with Crippen LogP contribution in [0.15, 0.2) is 33.5 Å². The van der Waals surface area contributed by atoms with Gasteiger partial charge in [-0.1, -0.05) is 0 Å². The Hall–Kier alpha value is -3.55. The van der Waals surface area contributed by atoms with Crippen LogP contribution in [0, 0.1) is 0 Å². The number of fused-ring (bicyclic) bond motifs is 1. The summed E-state index contributed by atoms with van der Waals surface area (Å²) in [5.41, 5.74) is 0.388. The van der Waals surface area contributed by atoms with E-state index in [0.717, 1.165) is 0 Å². The predicted molar refractivity (Wildman–Crippen MR) is 107 cm³/mol. The Bertz CT molecular complexity index is 1070. The molecular formula is C21H22O8. The quantitative estimate of drug-likeness (QED) is 0.594. The molecule has 0 bridgehead atoms. The van der Waals surface area contributed by atoms with Gasteiger partial charge in [-0.15, -0.1) is 0 Å². The molecule has 3 rings (SSSR count). The van der Waals surface area contributed by atoms with E-state index in [-0.39, 0.29) is 16.6 Å². The fourth-order valence-corrected chi connectivity index (χ4v) is 3.22. The molecule has 0 N–H and O–H groups in total. The van der Waals surface area contributed by atoms with E-state index in [1.54, 1.807) is 18.2 Å². The third-order valence-corrected chi connectivity index (χ3v) is 4.49. The van der Waals surface area contributed by atoms with Crippen LogP contribution in [-0.2, 0) is 0 Å². The fraction of sp³-hybridized carbons (Fsp3) is 0.286. The highest BCUT2D eigenvalue weighted by Crippen LogP contribution is 2.50. The predicted octanol–water partition coefficient (Wildman–Crippen LogP) is 3.51. The van der Waals surface area contributed by atoms with E-state index in [1.165, 1.54) is 48.7 Å². The van der Waals surface area contributed by atoms with Crippen LogP contribution < -0.4 is 33.8 Å². The Morgan fingerprint density at radius 3 is 1.69 bits per heavy atom. The summed E-state index contributed by atoms with van der Waals surface area (Å²) in [6.45, 7) is 0. The van der Waals surface area contributed by atoms with E-state index in [9.17, 15) is 4.79 Å². The Labute approximate surface area is 167 Å². The molecule has 0 aliphatic rings. The zero-order chi connectivity index (χ0) is 21.1. The van der Waals surface area contributed by atoms with Gasteiger partial charge < -0.3 is 32.8 Å². The minimum atomic E-state index is -0.317. The molecule has 0 amide bonds. The number of methoxy groups -OCH3 is 6. The van der Waals surface area contributed by atoms with Crippen LogP contribution in [0.25, 0.3) is 22.3 Å².